The fraction of sp³-hybridized carbons (Fsp3) is 0.294. The van der Waals surface area contributed by atoms with E-state index in [9.17, 15) is 4.79 Å². The van der Waals surface area contributed by atoms with Gasteiger partial charge in [0.25, 0.3) is 5.91 Å². The molecule has 1 amide bonds. The van der Waals surface area contributed by atoms with Crippen LogP contribution in [0.4, 0.5) is 5.69 Å². The summed E-state index contributed by atoms with van der Waals surface area (Å²) in [5.74, 6) is -0.424. The van der Waals surface area contributed by atoms with Crippen LogP contribution in [0.15, 0.2) is 36.5 Å². The molecule has 0 unspecified atom stereocenters. The first-order chi connectivity index (χ1) is 10.0. The number of aryl methyl sites for hydroxylation is 1. The van der Waals surface area contributed by atoms with Gasteiger partial charge in [-0.05, 0) is 30.7 Å². The standard InChI is InChI=1S/C15H17N3O.C2H6/c1-10-12(5-4-8-17-10)11-6-7-14(18(2)3)13(9-11)15(16)19;1-2/h4-9H,1-3H3,(H2,16,19);1-2H3. The Morgan fingerprint density at radius 1 is 1.19 bits per heavy atom. The van der Waals surface area contributed by atoms with Gasteiger partial charge in [-0.15, -0.1) is 0 Å². The minimum absolute atomic E-state index is 0.424. The number of hydrogen-bond donors (Lipinski definition) is 1. The van der Waals surface area contributed by atoms with Crippen molar-refractivity contribution in [1.82, 2.24) is 4.98 Å². The molecule has 0 spiro atoms. The Bertz CT molecular complexity index is 621. The van der Waals surface area contributed by atoms with Crippen molar-refractivity contribution in [1.29, 1.82) is 0 Å². The molecule has 1 heterocycles. The highest BCUT2D eigenvalue weighted by Crippen LogP contribution is 2.27. The number of aromatic nitrogens is 1. The number of primary amides is 1. The number of carbonyl (C=O) groups is 1. The number of nitrogens with zero attached hydrogens (tertiary/aromatic N) is 2. The third kappa shape index (κ3) is 3.81. The van der Waals surface area contributed by atoms with Crippen molar-refractivity contribution in [3.8, 4) is 11.1 Å². The van der Waals surface area contributed by atoms with Crippen LogP contribution in [0.5, 0.6) is 0 Å². The summed E-state index contributed by atoms with van der Waals surface area (Å²) in [4.78, 5) is 17.7. The first-order valence-electron chi connectivity index (χ1n) is 7.04. The number of hydrogen-bond acceptors (Lipinski definition) is 3. The predicted octanol–water partition coefficient (Wildman–Crippen LogP) is 3.25. The molecular formula is C17H23N3O. The summed E-state index contributed by atoms with van der Waals surface area (Å²) in [5, 5.41) is 0. The second-order valence-electron chi connectivity index (χ2n) is 4.63. The van der Waals surface area contributed by atoms with E-state index in [1.807, 2.05) is 70.1 Å². The highest BCUT2D eigenvalue weighted by atomic mass is 16.1. The largest absolute Gasteiger partial charge is 0.377 e. The van der Waals surface area contributed by atoms with Gasteiger partial charge in [-0.25, -0.2) is 0 Å². The number of amides is 1. The van der Waals surface area contributed by atoms with Crippen molar-refractivity contribution >= 4 is 11.6 Å². The molecule has 0 aliphatic carbocycles. The summed E-state index contributed by atoms with van der Waals surface area (Å²) in [7, 11) is 3.77. The summed E-state index contributed by atoms with van der Waals surface area (Å²) in [6.07, 6.45) is 1.75. The van der Waals surface area contributed by atoms with Crippen LogP contribution in [-0.2, 0) is 0 Å². The summed E-state index contributed by atoms with van der Waals surface area (Å²) >= 11 is 0. The number of nitrogens with two attached hydrogens (primary N) is 1. The quantitative estimate of drug-likeness (QED) is 0.941. The minimum atomic E-state index is -0.424. The Labute approximate surface area is 126 Å². The SMILES string of the molecule is CC.Cc1ncccc1-c1ccc(N(C)C)c(C(N)=O)c1. The lowest BCUT2D eigenvalue weighted by Gasteiger charge is -2.17. The van der Waals surface area contributed by atoms with Crippen LogP contribution < -0.4 is 10.6 Å². The van der Waals surface area contributed by atoms with E-state index in [2.05, 4.69) is 4.98 Å². The van der Waals surface area contributed by atoms with E-state index in [0.717, 1.165) is 22.5 Å². The molecule has 0 saturated carbocycles. The van der Waals surface area contributed by atoms with Gasteiger partial charge < -0.3 is 10.6 Å². The van der Waals surface area contributed by atoms with E-state index in [1.165, 1.54) is 0 Å². The van der Waals surface area contributed by atoms with Gasteiger partial charge in [0, 0.05) is 37.2 Å². The van der Waals surface area contributed by atoms with Crippen molar-refractivity contribution in [2.24, 2.45) is 5.73 Å². The first kappa shape index (κ1) is 16.7. The monoisotopic (exact) mass is 285 g/mol. The zero-order chi connectivity index (χ0) is 16.0. The van der Waals surface area contributed by atoms with Crippen molar-refractivity contribution in [3.05, 3.63) is 47.8 Å². The van der Waals surface area contributed by atoms with Crippen LogP contribution in [0.3, 0.4) is 0 Å². The molecule has 0 radical (unpaired) electrons. The molecule has 0 atom stereocenters. The van der Waals surface area contributed by atoms with E-state index >= 15 is 0 Å². The van der Waals surface area contributed by atoms with Gasteiger partial charge in [0.05, 0.1) is 5.56 Å². The van der Waals surface area contributed by atoms with Crippen LogP contribution >= 0.6 is 0 Å². The highest BCUT2D eigenvalue weighted by molar-refractivity contribution is 6.00. The van der Waals surface area contributed by atoms with Gasteiger partial charge in [-0.2, -0.15) is 0 Å². The Kier molecular flexibility index (Phi) is 5.91. The molecule has 1 aromatic heterocycles. The lowest BCUT2D eigenvalue weighted by atomic mass is 10.0. The Hall–Kier alpha value is -2.36. The number of anilines is 1. The summed E-state index contributed by atoms with van der Waals surface area (Å²) in [6, 6.07) is 9.57. The molecule has 21 heavy (non-hydrogen) atoms. The topological polar surface area (TPSA) is 59.2 Å². The molecule has 2 N–H and O–H groups in total. The minimum Gasteiger partial charge on any atom is -0.377 e. The molecule has 4 heteroatoms. The third-order valence-electron chi connectivity index (χ3n) is 3.06. The van der Waals surface area contributed by atoms with E-state index in [-0.39, 0.29) is 0 Å². The summed E-state index contributed by atoms with van der Waals surface area (Å²) in [6.45, 7) is 5.94. The average molecular weight is 285 g/mol. The smallest absolute Gasteiger partial charge is 0.250 e. The van der Waals surface area contributed by atoms with Crippen molar-refractivity contribution in [2.75, 3.05) is 19.0 Å². The van der Waals surface area contributed by atoms with Gasteiger partial charge in [-0.3, -0.25) is 9.78 Å². The maximum atomic E-state index is 11.6. The van der Waals surface area contributed by atoms with Gasteiger partial charge in [0.2, 0.25) is 0 Å². The van der Waals surface area contributed by atoms with Gasteiger partial charge in [0.15, 0.2) is 0 Å². The van der Waals surface area contributed by atoms with Crippen molar-refractivity contribution in [3.63, 3.8) is 0 Å². The van der Waals surface area contributed by atoms with E-state index < -0.39 is 5.91 Å². The van der Waals surface area contributed by atoms with Gasteiger partial charge in [-0.1, -0.05) is 26.0 Å². The molecule has 0 aliphatic rings. The number of rotatable bonds is 3. The summed E-state index contributed by atoms with van der Waals surface area (Å²) < 4.78 is 0. The zero-order valence-electron chi connectivity index (χ0n) is 13.3. The van der Waals surface area contributed by atoms with Crippen molar-refractivity contribution < 1.29 is 4.79 Å². The summed E-state index contributed by atoms with van der Waals surface area (Å²) in [5.41, 5.74) is 9.68. The number of carbonyl (C=O) groups excluding carboxylic acids is 1. The second-order valence-corrected chi connectivity index (χ2v) is 4.63. The van der Waals surface area contributed by atoms with Crippen molar-refractivity contribution in [2.45, 2.75) is 20.8 Å². The lowest BCUT2D eigenvalue weighted by Crippen LogP contribution is -2.18. The van der Waals surface area contributed by atoms with Crippen LogP contribution in [-0.4, -0.2) is 25.0 Å². The van der Waals surface area contributed by atoms with E-state index in [1.54, 1.807) is 6.20 Å². The fourth-order valence-corrected chi connectivity index (χ4v) is 2.08. The molecule has 1 aromatic carbocycles. The fourth-order valence-electron chi connectivity index (χ4n) is 2.08. The maximum absolute atomic E-state index is 11.6. The lowest BCUT2D eigenvalue weighted by molar-refractivity contribution is 0.100. The molecule has 0 saturated heterocycles. The zero-order valence-corrected chi connectivity index (χ0v) is 13.3. The van der Waals surface area contributed by atoms with E-state index in [4.69, 9.17) is 5.73 Å². The molecule has 0 aliphatic heterocycles. The molecule has 0 bridgehead atoms. The first-order valence-corrected chi connectivity index (χ1v) is 7.04. The van der Waals surface area contributed by atoms with Crippen LogP contribution in [0.2, 0.25) is 0 Å². The molecule has 4 nitrogen and oxygen atoms in total. The molecule has 2 rings (SSSR count). The highest BCUT2D eigenvalue weighted by Gasteiger charge is 2.12. The molecule has 0 fully saturated rings. The van der Waals surface area contributed by atoms with Crippen LogP contribution in [0.25, 0.3) is 11.1 Å². The normalized spacial score (nSPS) is 9.57. The average Bonchev–Trinajstić information content (AvgIpc) is 2.49. The van der Waals surface area contributed by atoms with Gasteiger partial charge >= 0.3 is 0 Å². The predicted molar refractivity (Wildman–Crippen MR) is 88.6 cm³/mol. The maximum Gasteiger partial charge on any atom is 0.250 e. The molecule has 112 valence electrons. The van der Waals surface area contributed by atoms with E-state index in [0.29, 0.717) is 5.56 Å². The Morgan fingerprint density at radius 2 is 1.86 bits per heavy atom. The Morgan fingerprint density at radius 3 is 2.38 bits per heavy atom. The molecular weight excluding hydrogens is 262 g/mol. The number of benzene rings is 1. The number of pyridine rings is 1. The second kappa shape index (κ2) is 7.43. The Balaban J connectivity index is 0.00000106. The van der Waals surface area contributed by atoms with Gasteiger partial charge in [0.1, 0.15) is 0 Å². The third-order valence-corrected chi connectivity index (χ3v) is 3.06. The van der Waals surface area contributed by atoms with Crippen LogP contribution in [0, 0.1) is 6.92 Å². The van der Waals surface area contributed by atoms with Crippen LogP contribution in [0.1, 0.15) is 29.9 Å². The molecule has 2 aromatic rings.